The molecule has 0 N–H and O–H groups in total. The quantitative estimate of drug-likeness (QED) is 0.657. The minimum atomic E-state index is 0.0637. The molecule has 1 saturated heterocycles. The van der Waals surface area contributed by atoms with E-state index in [4.69, 9.17) is 4.74 Å². The molecule has 0 aromatic heterocycles. The average Bonchev–Trinajstić information content (AvgIpc) is 2.55. The number of thiol groups is 1. The van der Waals surface area contributed by atoms with Gasteiger partial charge < -0.3 is 9.64 Å². The van der Waals surface area contributed by atoms with Gasteiger partial charge in [-0.2, -0.15) is 12.6 Å². The largest absolute Gasteiger partial charge is 0.376 e. The number of hydrogen-bond acceptors (Lipinski definition) is 3. The van der Waals surface area contributed by atoms with Crippen LogP contribution in [0.2, 0.25) is 0 Å². The topological polar surface area (TPSA) is 29.5 Å². The average molecular weight is 189 g/mol. The number of nitrogens with zero attached hydrogens (tertiary/aromatic N) is 1. The predicted octanol–water partition coefficient (Wildman–Crippen LogP) is 0.554. The maximum Gasteiger partial charge on any atom is 0.232 e. The molecule has 1 rings (SSSR count). The minimum absolute atomic E-state index is 0.0637. The summed E-state index contributed by atoms with van der Waals surface area (Å²) in [5, 5.41) is 0. The zero-order chi connectivity index (χ0) is 8.97. The van der Waals surface area contributed by atoms with Gasteiger partial charge in [0, 0.05) is 20.2 Å². The van der Waals surface area contributed by atoms with E-state index in [0.29, 0.717) is 6.54 Å². The zero-order valence-electron chi connectivity index (χ0n) is 7.32. The van der Waals surface area contributed by atoms with E-state index >= 15 is 0 Å². The molecular weight excluding hydrogens is 174 g/mol. The van der Waals surface area contributed by atoms with E-state index in [1.807, 2.05) is 0 Å². The second kappa shape index (κ2) is 4.72. The fourth-order valence-electron chi connectivity index (χ4n) is 1.32. The van der Waals surface area contributed by atoms with Crippen molar-refractivity contribution in [2.24, 2.45) is 0 Å². The molecule has 1 unspecified atom stereocenters. The van der Waals surface area contributed by atoms with Gasteiger partial charge in [-0.05, 0) is 12.8 Å². The normalized spacial score (nSPS) is 22.7. The third kappa shape index (κ3) is 2.68. The van der Waals surface area contributed by atoms with Crippen LogP contribution in [0.25, 0.3) is 0 Å². The third-order valence-corrected chi connectivity index (χ3v) is 2.33. The lowest BCUT2D eigenvalue weighted by Crippen LogP contribution is -2.34. The Kier molecular flexibility index (Phi) is 3.88. The van der Waals surface area contributed by atoms with Crippen molar-refractivity contribution in [1.29, 1.82) is 0 Å². The van der Waals surface area contributed by atoms with Gasteiger partial charge in [-0.15, -0.1) is 0 Å². The molecular formula is C8H15NO2S. The van der Waals surface area contributed by atoms with Crippen molar-refractivity contribution < 1.29 is 9.53 Å². The molecule has 0 aromatic rings. The summed E-state index contributed by atoms with van der Waals surface area (Å²) in [6.45, 7) is 1.55. The molecule has 70 valence electrons. The van der Waals surface area contributed by atoms with E-state index in [1.165, 1.54) is 0 Å². The van der Waals surface area contributed by atoms with Crippen LogP contribution in [0.1, 0.15) is 12.8 Å². The van der Waals surface area contributed by atoms with Gasteiger partial charge in [-0.25, -0.2) is 0 Å². The van der Waals surface area contributed by atoms with Crippen molar-refractivity contribution in [1.82, 2.24) is 4.90 Å². The zero-order valence-corrected chi connectivity index (χ0v) is 8.22. The second-order valence-corrected chi connectivity index (χ2v) is 3.38. The molecule has 1 heterocycles. The lowest BCUT2D eigenvalue weighted by Gasteiger charge is -2.19. The van der Waals surface area contributed by atoms with Crippen LogP contribution >= 0.6 is 12.6 Å². The number of hydrogen-bond donors (Lipinski definition) is 1. The standard InChI is InChI=1S/C8H15NO2S/c1-9(8(10)6-12)5-7-3-2-4-11-7/h7,12H,2-6H2,1H3. The van der Waals surface area contributed by atoms with Gasteiger partial charge in [-0.3, -0.25) is 4.79 Å². The third-order valence-electron chi connectivity index (χ3n) is 2.06. The Balaban J connectivity index is 2.24. The first-order valence-electron chi connectivity index (χ1n) is 4.20. The van der Waals surface area contributed by atoms with Crippen LogP contribution in [0.4, 0.5) is 0 Å². The summed E-state index contributed by atoms with van der Waals surface area (Å²) in [4.78, 5) is 12.8. The Hall–Kier alpha value is -0.220. The Morgan fingerprint density at radius 3 is 3.00 bits per heavy atom. The van der Waals surface area contributed by atoms with Crippen LogP contribution < -0.4 is 0 Å². The molecule has 0 spiro atoms. The number of ether oxygens (including phenoxy) is 1. The fraction of sp³-hybridized carbons (Fsp3) is 0.875. The molecule has 1 amide bonds. The van der Waals surface area contributed by atoms with Crippen LogP contribution in [0.5, 0.6) is 0 Å². The first kappa shape index (κ1) is 9.86. The molecule has 3 nitrogen and oxygen atoms in total. The summed E-state index contributed by atoms with van der Waals surface area (Å²) < 4.78 is 5.40. The van der Waals surface area contributed by atoms with Crippen molar-refractivity contribution in [3.8, 4) is 0 Å². The number of amides is 1. The molecule has 0 saturated carbocycles. The van der Waals surface area contributed by atoms with Gasteiger partial charge in [0.1, 0.15) is 0 Å². The summed E-state index contributed by atoms with van der Waals surface area (Å²) in [5.41, 5.74) is 0. The number of carbonyl (C=O) groups excluding carboxylic acids is 1. The summed E-state index contributed by atoms with van der Waals surface area (Å²) >= 11 is 3.92. The monoisotopic (exact) mass is 189 g/mol. The molecule has 0 bridgehead atoms. The Morgan fingerprint density at radius 2 is 2.50 bits per heavy atom. The Bertz CT molecular complexity index is 157. The van der Waals surface area contributed by atoms with Crippen molar-refractivity contribution in [3.63, 3.8) is 0 Å². The molecule has 0 radical (unpaired) electrons. The van der Waals surface area contributed by atoms with Crippen molar-refractivity contribution in [3.05, 3.63) is 0 Å². The van der Waals surface area contributed by atoms with Crippen LogP contribution in [0.15, 0.2) is 0 Å². The molecule has 1 aliphatic rings. The summed E-state index contributed by atoms with van der Waals surface area (Å²) in [6.07, 6.45) is 2.44. The van der Waals surface area contributed by atoms with Crippen molar-refractivity contribution in [2.75, 3.05) is 26.0 Å². The Labute approximate surface area is 78.5 Å². The van der Waals surface area contributed by atoms with Crippen LogP contribution in [-0.4, -0.2) is 42.9 Å². The van der Waals surface area contributed by atoms with E-state index in [2.05, 4.69) is 12.6 Å². The van der Waals surface area contributed by atoms with Gasteiger partial charge in [0.25, 0.3) is 0 Å². The summed E-state index contributed by atoms with van der Waals surface area (Å²) in [5.74, 6) is 0.345. The Morgan fingerprint density at radius 1 is 1.75 bits per heavy atom. The van der Waals surface area contributed by atoms with Crippen LogP contribution in [0, 0.1) is 0 Å². The molecule has 0 aliphatic carbocycles. The highest BCUT2D eigenvalue weighted by Crippen LogP contribution is 2.12. The van der Waals surface area contributed by atoms with E-state index in [-0.39, 0.29) is 17.8 Å². The first-order chi connectivity index (χ1) is 5.74. The number of likely N-dealkylation sites (N-methyl/N-ethyl adjacent to an activating group) is 1. The highest BCUT2D eigenvalue weighted by atomic mass is 32.1. The number of rotatable bonds is 3. The minimum Gasteiger partial charge on any atom is -0.376 e. The molecule has 0 aromatic carbocycles. The van der Waals surface area contributed by atoms with Crippen molar-refractivity contribution in [2.45, 2.75) is 18.9 Å². The van der Waals surface area contributed by atoms with E-state index in [0.717, 1.165) is 19.4 Å². The maximum atomic E-state index is 11.1. The SMILES string of the molecule is CN(CC1CCCO1)C(=O)CS. The second-order valence-electron chi connectivity index (χ2n) is 3.07. The van der Waals surface area contributed by atoms with Gasteiger partial charge >= 0.3 is 0 Å². The molecule has 1 aliphatic heterocycles. The van der Waals surface area contributed by atoms with E-state index in [1.54, 1.807) is 11.9 Å². The van der Waals surface area contributed by atoms with Crippen LogP contribution in [0.3, 0.4) is 0 Å². The first-order valence-corrected chi connectivity index (χ1v) is 4.83. The smallest absolute Gasteiger partial charge is 0.232 e. The molecule has 4 heteroatoms. The van der Waals surface area contributed by atoms with E-state index < -0.39 is 0 Å². The van der Waals surface area contributed by atoms with Gasteiger partial charge in [0.05, 0.1) is 11.9 Å². The highest BCUT2D eigenvalue weighted by Gasteiger charge is 2.18. The predicted molar refractivity (Wildman–Crippen MR) is 50.5 cm³/mol. The summed E-state index contributed by atoms with van der Waals surface area (Å²) in [6, 6.07) is 0. The molecule has 12 heavy (non-hydrogen) atoms. The fourth-order valence-corrected chi connectivity index (χ4v) is 1.56. The number of carbonyl (C=O) groups is 1. The van der Waals surface area contributed by atoms with E-state index in [9.17, 15) is 4.79 Å². The van der Waals surface area contributed by atoms with Gasteiger partial charge in [0.15, 0.2) is 0 Å². The van der Waals surface area contributed by atoms with Crippen LogP contribution in [-0.2, 0) is 9.53 Å². The lowest BCUT2D eigenvalue weighted by atomic mass is 10.2. The van der Waals surface area contributed by atoms with Crippen molar-refractivity contribution >= 4 is 18.5 Å². The summed E-state index contributed by atoms with van der Waals surface area (Å²) in [7, 11) is 1.79. The van der Waals surface area contributed by atoms with Gasteiger partial charge in [0.2, 0.25) is 5.91 Å². The molecule has 1 atom stereocenters. The lowest BCUT2D eigenvalue weighted by molar-refractivity contribution is -0.128. The maximum absolute atomic E-state index is 11.1. The highest BCUT2D eigenvalue weighted by molar-refractivity contribution is 7.81. The molecule has 1 fully saturated rings. The van der Waals surface area contributed by atoms with Gasteiger partial charge in [-0.1, -0.05) is 0 Å².